The molecule has 0 saturated carbocycles. The number of benzene rings is 1. The molecule has 0 bridgehead atoms. The van der Waals surface area contributed by atoms with Gasteiger partial charge in [-0.3, -0.25) is 4.79 Å². The van der Waals surface area contributed by atoms with E-state index in [-0.39, 0.29) is 18.4 Å². The predicted molar refractivity (Wildman–Crippen MR) is 104 cm³/mol. The number of esters is 1. The first-order valence-electron chi connectivity index (χ1n) is 9.59. The number of hydrogen-bond acceptors (Lipinski definition) is 5. The van der Waals surface area contributed by atoms with Gasteiger partial charge in [-0.05, 0) is 38.7 Å². The summed E-state index contributed by atoms with van der Waals surface area (Å²) in [6.45, 7) is 9.55. The maximum absolute atomic E-state index is 12.8. The van der Waals surface area contributed by atoms with Crippen molar-refractivity contribution in [2.45, 2.75) is 65.3 Å². The van der Waals surface area contributed by atoms with Gasteiger partial charge in [0.05, 0.1) is 0 Å². The third-order valence-electron chi connectivity index (χ3n) is 4.36. The topological polar surface area (TPSA) is 84.9 Å². The Morgan fingerprint density at radius 1 is 1.21 bits per heavy atom. The summed E-state index contributed by atoms with van der Waals surface area (Å²) in [6, 6.07) is 8.00. The quantitative estimate of drug-likeness (QED) is 0.755. The summed E-state index contributed by atoms with van der Waals surface area (Å²) in [5, 5.41) is 2.60. The van der Waals surface area contributed by atoms with Crippen molar-refractivity contribution in [2.24, 2.45) is 5.92 Å². The first-order valence-corrected chi connectivity index (χ1v) is 9.59. The van der Waals surface area contributed by atoms with E-state index in [4.69, 9.17) is 9.47 Å². The Bertz CT molecular complexity index is 696. The van der Waals surface area contributed by atoms with Crippen LogP contribution in [-0.2, 0) is 25.7 Å². The van der Waals surface area contributed by atoms with Gasteiger partial charge in [-0.1, -0.05) is 44.2 Å². The molecule has 2 atom stereocenters. The summed E-state index contributed by atoms with van der Waals surface area (Å²) in [4.78, 5) is 38.9. The van der Waals surface area contributed by atoms with Crippen LogP contribution in [0, 0.1) is 5.92 Å². The highest BCUT2D eigenvalue weighted by Gasteiger charge is 2.42. The van der Waals surface area contributed by atoms with Gasteiger partial charge in [0, 0.05) is 6.54 Å². The van der Waals surface area contributed by atoms with E-state index in [9.17, 15) is 14.4 Å². The molecule has 1 N–H and O–H groups in total. The second-order valence-electron chi connectivity index (χ2n) is 8.30. The van der Waals surface area contributed by atoms with Crippen LogP contribution in [0.3, 0.4) is 0 Å². The fourth-order valence-corrected chi connectivity index (χ4v) is 3.14. The zero-order valence-electron chi connectivity index (χ0n) is 17.2. The fraction of sp³-hybridized carbons (Fsp3) is 0.571. The lowest BCUT2D eigenvalue weighted by Crippen LogP contribution is -2.50. The first-order chi connectivity index (χ1) is 13.1. The predicted octanol–water partition coefficient (Wildman–Crippen LogP) is 2.88. The summed E-state index contributed by atoms with van der Waals surface area (Å²) in [7, 11) is 0. The van der Waals surface area contributed by atoms with E-state index < -0.39 is 29.7 Å². The standard InChI is InChI=1S/C21H30N2O5/c1-14(2)17(19(25)27-13-15-9-7-6-8-10-15)23-12-11-16(18(23)24)22-20(26)28-21(3,4)5/h6-10,14,16-17H,11-13H2,1-5H3,(H,22,26)/t16-,17+/m1/s1. The van der Waals surface area contributed by atoms with Crippen molar-refractivity contribution in [3.05, 3.63) is 35.9 Å². The minimum Gasteiger partial charge on any atom is -0.459 e. The van der Waals surface area contributed by atoms with Gasteiger partial charge in [-0.15, -0.1) is 0 Å². The molecule has 7 nitrogen and oxygen atoms in total. The van der Waals surface area contributed by atoms with Gasteiger partial charge >= 0.3 is 12.1 Å². The number of amides is 2. The van der Waals surface area contributed by atoms with E-state index in [1.807, 2.05) is 44.2 Å². The van der Waals surface area contributed by atoms with Gasteiger partial charge in [0.1, 0.15) is 24.3 Å². The number of nitrogens with one attached hydrogen (secondary N) is 1. The average molecular weight is 390 g/mol. The van der Waals surface area contributed by atoms with Gasteiger partial charge in [0.2, 0.25) is 5.91 Å². The van der Waals surface area contributed by atoms with Crippen LogP contribution in [0.25, 0.3) is 0 Å². The normalized spacial score (nSPS) is 18.1. The van der Waals surface area contributed by atoms with Crippen LogP contribution < -0.4 is 5.32 Å². The molecule has 1 fully saturated rings. The zero-order valence-corrected chi connectivity index (χ0v) is 17.2. The van der Waals surface area contributed by atoms with Crippen LogP contribution >= 0.6 is 0 Å². The Kier molecular flexibility index (Phi) is 7.05. The van der Waals surface area contributed by atoms with Crippen molar-refractivity contribution in [2.75, 3.05) is 6.54 Å². The zero-order chi connectivity index (χ0) is 20.9. The molecule has 1 aromatic rings. The third-order valence-corrected chi connectivity index (χ3v) is 4.36. The number of nitrogens with zero attached hydrogens (tertiary/aromatic N) is 1. The lowest BCUT2D eigenvalue weighted by molar-refractivity contribution is -0.157. The summed E-state index contributed by atoms with van der Waals surface area (Å²) in [6.07, 6.45) is -0.215. The summed E-state index contributed by atoms with van der Waals surface area (Å²) >= 11 is 0. The largest absolute Gasteiger partial charge is 0.459 e. The summed E-state index contributed by atoms with van der Waals surface area (Å²) in [5.41, 5.74) is 0.239. The van der Waals surface area contributed by atoms with E-state index in [1.54, 1.807) is 20.8 Å². The molecule has 0 radical (unpaired) electrons. The number of alkyl carbamates (subject to hydrolysis) is 1. The van der Waals surface area contributed by atoms with E-state index in [0.29, 0.717) is 13.0 Å². The highest BCUT2D eigenvalue weighted by Crippen LogP contribution is 2.22. The lowest BCUT2D eigenvalue weighted by atomic mass is 10.0. The molecule has 7 heteroatoms. The van der Waals surface area contributed by atoms with Crippen LogP contribution in [0.4, 0.5) is 4.79 Å². The molecule has 1 aromatic carbocycles. The van der Waals surface area contributed by atoms with Gasteiger partial charge in [-0.25, -0.2) is 9.59 Å². The van der Waals surface area contributed by atoms with Crippen molar-refractivity contribution < 1.29 is 23.9 Å². The monoisotopic (exact) mass is 390 g/mol. The number of likely N-dealkylation sites (tertiary alicyclic amines) is 1. The second-order valence-corrected chi connectivity index (χ2v) is 8.30. The molecule has 0 spiro atoms. The fourth-order valence-electron chi connectivity index (χ4n) is 3.14. The Morgan fingerprint density at radius 2 is 1.86 bits per heavy atom. The van der Waals surface area contributed by atoms with Crippen molar-refractivity contribution in [1.82, 2.24) is 10.2 Å². The molecule has 0 unspecified atom stereocenters. The molecule has 28 heavy (non-hydrogen) atoms. The van der Waals surface area contributed by atoms with Crippen LogP contribution in [0.1, 0.15) is 46.6 Å². The number of rotatable bonds is 6. The number of carbonyl (C=O) groups excluding carboxylic acids is 3. The van der Waals surface area contributed by atoms with E-state index in [2.05, 4.69) is 5.32 Å². The van der Waals surface area contributed by atoms with Crippen molar-refractivity contribution in [1.29, 1.82) is 0 Å². The molecule has 2 amide bonds. The Morgan fingerprint density at radius 3 is 2.43 bits per heavy atom. The van der Waals surface area contributed by atoms with Crippen LogP contribution in [-0.4, -0.2) is 47.1 Å². The lowest BCUT2D eigenvalue weighted by Gasteiger charge is -2.29. The second kappa shape index (κ2) is 9.08. The third kappa shape index (κ3) is 5.97. The summed E-state index contributed by atoms with van der Waals surface area (Å²) in [5.74, 6) is -0.848. The SMILES string of the molecule is CC(C)[C@@H](C(=O)OCc1ccccc1)N1CC[C@@H](NC(=O)OC(C)(C)C)C1=O. The van der Waals surface area contributed by atoms with Crippen molar-refractivity contribution in [3.8, 4) is 0 Å². The van der Waals surface area contributed by atoms with E-state index in [0.717, 1.165) is 5.56 Å². The van der Waals surface area contributed by atoms with Gasteiger partial charge in [0.15, 0.2) is 0 Å². The molecule has 1 aliphatic rings. The van der Waals surface area contributed by atoms with Crippen molar-refractivity contribution in [3.63, 3.8) is 0 Å². The number of hydrogen-bond donors (Lipinski definition) is 1. The maximum Gasteiger partial charge on any atom is 0.408 e. The molecule has 1 heterocycles. The summed E-state index contributed by atoms with van der Waals surface area (Å²) < 4.78 is 10.7. The minimum atomic E-state index is -0.696. The van der Waals surface area contributed by atoms with Gasteiger partial charge in [0.25, 0.3) is 0 Å². The van der Waals surface area contributed by atoms with E-state index >= 15 is 0 Å². The molecule has 2 rings (SSSR count). The molecular formula is C21H30N2O5. The number of ether oxygens (including phenoxy) is 2. The number of carbonyl (C=O) groups is 3. The smallest absolute Gasteiger partial charge is 0.408 e. The van der Waals surface area contributed by atoms with E-state index in [1.165, 1.54) is 4.90 Å². The Hall–Kier alpha value is -2.57. The maximum atomic E-state index is 12.8. The molecule has 154 valence electrons. The van der Waals surface area contributed by atoms with Crippen molar-refractivity contribution >= 4 is 18.0 Å². The van der Waals surface area contributed by atoms with Gasteiger partial charge < -0.3 is 19.7 Å². The highest BCUT2D eigenvalue weighted by molar-refractivity contribution is 5.91. The average Bonchev–Trinajstić information content (AvgIpc) is 2.93. The van der Waals surface area contributed by atoms with Crippen LogP contribution in [0.5, 0.6) is 0 Å². The first kappa shape index (κ1) is 21.7. The highest BCUT2D eigenvalue weighted by atomic mass is 16.6. The Balaban J connectivity index is 1.98. The van der Waals surface area contributed by atoms with Gasteiger partial charge in [-0.2, -0.15) is 0 Å². The molecular weight excluding hydrogens is 360 g/mol. The van der Waals surface area contributed by atoms with Crippen LogP contribution in [0.15, 0.2) is 30.3 Å². The molecule has 0 aliphatic carbocycles. The minimum absolute atomic E-state index is 0.118. The molecule has 0 aromatic heterocycles. The Labute approximate surface area is 166 Å². The molecule has 1 saturated heterocycles. The molecule has 1 aliphatic heterocycles. The van der Waals surface area contributed by atoms with Crippen LogP contribution in [0.2, 0.25) is 0 Å².